The molecule has 3 rings (SSSR count). The second-order valence-electron chi connectivity index (χ2n) is 5.18. The Kier molecular flexibility index (Phi) is 4.90. The molecule has 6 nitrogen and oxygen atoms in total. The van der Waals surface area contributed by atoms with E-state index in [0.717, 1.165) is 16.4 Å². The lowest BCUT2D eigenvalue weighted by atomic mass is 10.2. The average molecular weight is 344 g/mol. The van der Waals surface area contributed by atoms with Crippen LogP contribution in [0.2, 0.25) is 0 Å². The van der Waals surface area contributed by atoms with Gasteiger partial charge in [0.15, 0.2) is 12.4 Å². The molecule has 0 amide bonds. The van der Waals surface area contributed by atoms with Gasteiger partial charge in [-0.15, -0.1) is 11.3 Å². The normalized spacial score (nSPS) is 10.6. The number of benzene rings is 1. The molecule has 1 aromatic carbocycles. The van der Waals surface area contributed by atoms with Crippen LogP contribution in [0.15, 0.2) is 40.2 Å². The number of esters is 1. The van der Waals surface area contributed by atoms with Crippen LogP contribution in [-0.4, -0.2) is 16.1 Å². The third-order valence-electron chi connectivity index (χ3n) is 3.17. The molecule has 2 heterocycles. The summed E-state index contributed by atoms with van der Waals surface area (Å²) in [5.41, 5.74) is 2.09. The zero-order chi connectivity index (χ0) is 16.9. The van der Waals surface area contributed by atoms with Crippen molar-refractivity contribution in [1.82, 2.24) is 10.1 Å². The summed E-state index contributed by atoms with van der Waals surface area (Å²) in [7, 11) is 0. The third kappa shape index (κ3) is 4.20. The van der Waals surface area contributed by atoms with Gasteiger partial charge in [-0.2, -0.15) is 0 Å². The van der Waals surface area contributed by atoms with Gasteiger partial charge < -0.3 is 14.0 Å². The number of carbonyl (C=O) groups is 1. The molecule has 124 valence electrons. The van der Waals surface area contributed by atoms with Gasteiger partial charge in [-0.25, -0.2) is 9.78 Å². The highest BCUT2D eigenvalue weighted by atomic mass is 32.1. The van der Waals surface area contributed by atoms with E-state index in [1.807, 2.05) is 12.3 Å². The summed E-state index contributed by atoms with van der Waals surface area (Å²) in [4.78, 5) is 16.3. The van der Waals surface area contributed by atoms with Crippen LogP contribution >= 0.6 is 11.3 Å². The molecule has 0 saturated heterocycles. The topological polar surface area (TPSA) is 74.5 Å². The Balaban J connectivity index is 1.52. The summed E-state index contributed by atoms with van der Waals surface area (Å²) in [5, 5.41) is 6.71. The Morgan fingerprint density at radius 3 is 2.62 bits per heavy atom. The minimum absolute atomic E-state index is 0.0566. The molecule has 0 N–H and O–H groups in total. The van der Waals surface area contributed by atoms with Crippen molar-refractivity contribution in [3.8, 4) is 5.75 Å². The predicted octanol–water partition coefficient (Wildman–Crippen LogP) is 3.68. The molecule has 0 unspecified atom stereocenters. The molecule has 0 saturated carbocycles. The summed E-state index contributed by atoms with van der Waals surface area (Å²) in [6.07, 6.45) is 0. The van der Waals surface area contributed by atoms with Crippen LogP contribution in [0.4, 0.5) is 0 Å². The van der Waals surface area contributed by atoms with E-state index in [9.17, 15) is 4.79 Å². The second kappa shape index (κ2) is 7.27. The number of ether oxygens (including phenoxy) is 2. The zero-order valence-corrected chi connectivity index (χ0v) is 14.1. The molecule has 7 heteroatoms. The van der Waals surface area contributed by atoms with E-state index in [1.165, 1.54) is 0 Å². The van der Waals surface area contributed by atoms with Gasteiger partial charge in [-0.1, -0.05) is 5.16 Å². The number of hydrogen-bond acceptors (Lipinski definition) is 7. The molecule has 3 aromatic rings. The van der Waals surface area contributed by atoms with E-state index in [2.05, 4.69) is 10.1 Å². The molecular weight excluding hydrogens is 328 g/mol. The van der Waals surface area contributed by atoms with E-state index in [-0.39, 0.29) is 6.61 Å². The Labute approximate surface area is 143 Å². The lowest BCUT2D eigenvalue weighted by Crippen LogP contribution is -2.05. The summed E-state index contributed by atoms with van der Waals surface area (Å²) >= 11 is 1.59. The Hall–Kier alpha value is -2.67. The summed E-state index contributed by atoms with van der Waals surface area (Å²) < 4.78 is 15.8. The molecule has 0 radical (unpaired) electrons. The van der Waals surface area contributed by atoms with Gasteiger partial charge in [0, 0.05) is 11.4 Å². The first kappa shape index (κ1) is 16.2. The van der Waals surface area contributed by atoms with Crippen LogP contribution in [0.1, 0.15) is 32.5 Å². The van der Waals surface area contributed by atoms with E-state index >= 15 is 0 Å². The molecule has 0 aliphatic carbocycles. The highest BCUT2D eigenvalue weighted by Gasteiger charge is 2.10. The van der Waals surface area contributed by atoms with Crippen molar-refractivity contribution < 1.29 is 18.8 Å². The summed E-state index contributed by atoms with van der Waals surface area (Å²) in [6, 6.07) is 8.51. The highest BCUT2D eigenvalue weighted by Crippen LogP contribution is 2.16. The van der Waals surface area contributed by atoms with E-state index < -0.39 is 5.97 Å². The Bertz CT molecular complexity index is 823. The molecular formula is C17H16N2O4S. The van der Waals surface area contributed by atoms with Crippen molar-refractivity contribution in [1.29, 1.82) is 0 Å². The van der Waals surface area contributed by atoms with Gasteiger partial charge in [0.2, 0.25) is 0 Å². The maximum atomic E-state index is 12.0. The van der Waals surface area contributed by atoms with Crippen molar-refractivity contribution in [2.75, 3.05) is 0 Å². The lowest BCUT2D eigenvalue weighted by molar-refractivity contribution is 0.0437. The van der Waals surface area contributed by atoms with Gasteiger partial charge in [0.05, 0.1) is 22.0 Å². The first-order valence-corrected chi connectivity index (χ1v) is 8.21. The standard InChI is InChI=1S/C17H16N2O4S/c1-11-7-16(23-19-11)9-22-17(20)13-3-5-15(6-4-13)21-8-14-10-24-12(2)18-14/h3-7,10H,8-9H2,1-2H3. The first-order chi connectivity index (χ1) is 11.6. The second-order valence-corrected chi connectivity index (χ2v) is 6.24. The van der Waals surface area contributed by atoms with Crippen LogP contribution in [0, 0.1) is 13.8 Å². The molecule has 0 aliphatic rings. The van der Waals surface area contributed by atoms with E-state index in [4.69, 9.17) is 14.0 Å². The van der Waals surface area contributed by atoms with E-state index in [0.29, 0.717) is 23.7 Å². The molecule has 0 bridgehead atoms. The number of rotatable bonds is 6. The van der Waals surface area contributed by atoms with Crippen LogP contribution < -0.4 is 4.74 Å². The molecule has 0 atom stereocenters. The third-order valence-corrected chi connectivity index (χ3v) is 3.99. The fourth-order valence-corrected chi connectivity index (χ4v) is 2.62. The van der Waals surface area contributed by atoms with Crippen LogP contribution in [-0.2, 0) is 18.0 Å². The maximum absolute atomic E-state index is 12.0. The van der Waals surface area contributed by atoms with Crippen LogP contribution in [0.3, 0.4) is 0 Å². The van der Waals surface area contributed by atoms with E-state index in [1.54, 1.807) is 48.6 Å². The largest absolute Gasteiger partial charge is 0.487 e. The number of thiazole rings is 1. The SMILES string of the molecule is Cc1cc(COC(=O)c2ccc(OCc3csc(C)n3)cc2)on1. The van der Waals surface area contributed by atoms with Gasteiger partial charge in [-0.3, -0.25) is 0 Å². The minimum atomic E-state index is -0.425. The summed E-state index contributed by atoms with van der Waals surface area (Å²) in [6.45, 7) is 4.22. The fraction of sp³-hybridized carbons (Fsp3) is 0.235. The van der Waals surface area contributed by atoms with Gasteiger partial charge in [0.25, 0.3) is 0 Å². The van der Waals surface area contributed by atoms with Crippen molar-refractivity contribution >= 4 is 17.3 Å². The van der Waals surface area contributed by atoms with Crippen LogP contribution in [0.5, 0.6) is 5.75 Å². The monoisotopic (exact) mass is 344 g/mol. The van der Waals surface area contributed by atoms with Crippen molar-refractivity contribution in [3.05, 3.63) is 63.4 Å². The fourth-order valence-electron chi connectivity index (χ4n) is 2.02. The average Bonchev–Trinajstić information content (AvgIpc) is 3.19. The number of carbonyl (C=O) groups excluding carboxylic acids is 1. The van der Waals surface area contributed by atoms with Gasteiger partial charge >= 0.3 is 5.97 Å². The number of aryl methyl sites for hydroxylation is 2. The van der Waals surface area contributed by atoms with Crippen molar-refractivity contribution in [3.63, 3.8) is 0 Å². The predicted molar refractivity (Wildman–Crippen MR) is 88.0 cm³/mol. The first-order valence-electron chi connectivity index (χ1n) is 7.33. The minimum Gasteiger partial charge on any atom is -0.487 e. The highest BCUT2D eigenvalue weighted by molar-refractivity contribution is 7.09. The maximum Gasteiger partial charge on any atom is 0.338 e. The number of hydrogen-bond donors (Lipinski definition) is 0. The van der Waals surface area contributed by atoms with Gasteiger partial charge in [-0.05, 0) is 38.1 Å². The smallest absolute Gasteiger partial charge is 0.338 e. The van der Waals surface area contributed by atoms with Gasteiger partial charge in [0.1, 0.15) is 12.4 Å². The lowest BCUT2D eigenvalue weighted by Gasteiger charge is -2.06. The number of aromatic nitrogens is 2. The van der Waals surface area contributed by atoms with Crippen molar-refractivity contribution in [2.45, 2.75) is 27.1 Å². The number of nitrogens with zero attached hydrogens (tertiary/aromatic N) is 2. The molecule has 24 heavy (non-hydrogen) atoms. The van der Waals surface area contributed by atoms with Crippen molar-refractivity contribution in [2.24, 2.45) is 0 Å². The quantitative estimate of drug-likeness (QED) is 0.635. The van der Waals surface area contributed by atoms with Crippen LogP contribution in [0.25, 0.3) is 0 Å². The Morgan fingerprint density at radius 2 is 2.00 bits per heavy atom. The molecule has 0 fully saturated rings. The summed E-state index contributed by atoms with van der Waals surface area (Å²) in [5.74, 6) is 0.758. The zero-order valence-electron chi connectivity index (χ0n) is 13.3. The Morgan fingerprint density at radius 1 is 1.21 bits per heavy atom. The molecule has 0 spiro atoms. The molecule has 2 aromatic heterocycles. The molecule has 0 aliphatic heterocycles.